The minimum absolute atomic E-state index is 0.197. The molecular weight excluding hydrogens is 192 g/mol. The van der Waals surface area contributed by atoms with E-state index in [2.05, 4.69) is 0 Å². The molecule has 1 aromatic carbocycles. The van der Waals surface area contributed by atoms with E-state index >= 15 is 0 Å². The van der Waals surface area contributed by atoms with Gasteiger partial charge in [-0.15, -0.1) is 0 Å². The van der Waals surface area contributed by atoms with Gasteiger partial charge in [-0.05, 0) is 31.9 Å². The number of aromatic hydroxyl groups is 1. The maximum atomic E-state index is 11.6. The fraction of sp³-hybridized carbons (Fsp3) is 0.417. The zero-order valence-corrected chi connectivity index (χ0v) is 9.33. The van der Waals surface area contributed by atoms with Gasteiger partial charge in [-0.3, -0.25) is 0 Å². The van der Waals surface area contributed by atoms with Gasteiger partial charge >= 0.3 is 5.97 Å². The zero-order chi connectivity index (χ0) is 11.4. The van der Waals surface area contributed by atoms with Crippen molar-refractivity contribution in [3.05, 3.63) is 28.8 Å². The van der Waals surface area contributed by atoms with E-state index in [-0.39, 0.29) is 11.7 Å². The SMILES string of the molecule is CCOC(=O)c1ccc(C)c(O)c1CC. The number of esters is 1. The number of aryl methyl sites for hydroxylation is 1. The van der Waals surface area contributed by atoms with E-state index in [9.17, 15) is 9.90 Å². The highest BCUT2D eigenvalue weighted by Crippen LogP contribution is 2.26. The number of hydrogen-bond acceptors (Lipinski definition) is 3. The molecule has 1 N–H and O–H groups in total. The van der Waals surface area contributed by atoms with Crippen LogP contribution in [-0.2, 0) is 11.2 Å². The molecule has 0 aromatic heterocycles. The monoisotopic (exact) mass is 208 g/mol. The molecule has 1 rings (SSSR count). The number of hydrogen-bond donors (Lipinski definition) is 1. The lowest BCUT2D eigenvalue weighted by atomic mass is 10.0. The van der Waals surface area contributed by atoms with Crippen LogP contribution in [0, 0.1) is 6.92 Å². The number of ether oxygens (including phenoxy) is 1. The maximum Gasteiger partial charge on any atom is 0.338 e. The van der Waals surface area contributed by atoms with Gasteiger partial charge in [0.15, 0.2) is 0 Å². The Morgan fingerprint density at radius 1 is 1.40 bits per heavy atom. The van der Waals surface area contributed by atoms with E-state index in [1.165, 1.54) is 0 Å². The highest BCUT2D eigenvalue weighted by atomic mass is 16.5. The third kappa shape index (κ3) is 2.29. The third-order valence-corrected chi connectivity index (χ3v) is 2.33. The third-order valence-electron chi connectivity index (χ3n) is 2.33. The van der Waals surface area contributed by atoms with Gasteiger partial charge in [0.2, 0.25) is 0 Å². The summed E-state index contributed by atoms with van der Waals surface area (Å²) < 4.78 is 4.92. The van der Waals surface area contributed by atoms with Crippen LogP contribution in [0.4, 0.5) is 0 Å². The minimum atomic E-state index is -0.371. The van der Waals surface area contributed by atoms with Crippen molar-refractivity contribution < 1.29 is 14.6 Å². The molecule has 1 aromatic rings. The summed E-state index contributed by atoms with van der Waals surface area (Å²) in [7, 11) is 0. The summed E-state index contributed by atoms with van der Waals surface area (Å²) >= 11 is 0. The van der Waals surface area contributed by atoms with Crippen LogP contribution in [0.25, 0.3) is 0 Å². The van der Waals surface area contributed by atoms with Crippen LogP contribution in [-0.4, -0.2) is 17.7 Å². The van der Waals surface area contributed by atoms with Crippen molar-refractivity contribution in [2.45, 2.75) is 27.2 Å². The molecule has 0 bridgehead atoms. The topological polar surface area (TPSA) is 46.5 Å². The molecule has 0 saturated carbocycles. The molecule has 0 fully saturated rings. The van der Waals surface area contributed by atoms with Gasteiger partial charge in [0.1, 0.15) is 5.75 Å². The lowest BCUT2D eigenvalue weighted by Gasteiger charge is -2.10. The van der Waals surface area contributed by atoms with Crippen molar-refractivity contribution in [2.75, 3.05) is 6.61 Å². The first kappa shape index (κ1) is 11.6. The smallest absolute Gasteiger partial charge is 0.338 e. The second-order valence-electron chi connectivity index (χ2n) is 3.33. The predicted octanol–water partition coefficient (Wildman–Crippen LogP) is 2.44. The van der Waals surface area contributed by atoms with E-state index < -0.39 is 0 Å². The molecule has 0 radical (unpaired) electrons. The number of benzene rings is 1. The molecule has 0 spiro atoms. The first-order valence-electron chi connectivity index (χ1n) is 5.10. The highest BCUT2D eigenvalue weighted by Gasteiger charge is 2.15. The standard InChI is InChI=1S/C12H16O3/c1-4-9-10(12(14)15-5-2)7-6-8(3)11(9)13/h6-7,13H,4-5H2,1-3H3. The Labute approximate surface area is 89.7 Å². The van der Waals surface area contributed by atoms with Gasteiger partial charge in [0.05, 0.1) is 12.2 Å². The van der Waals surface area contributed by atoms with Gasteiger partial charge in [0, 0.05) is 5.56 Å². The quantitative estimate of drug-likeness (QED) is 0.776. The predicted molar refractivity (Wildman–Crippen MR) is 58.2 cm³/mol. The van der Waals surface area contributed by atoms with Crippen LogP contribution in [0.15, 0.2) is 12.1 Å². The maximum absolute atomic E-state index is 11.6. The lowest BCUT2D eigenvalue weighted by molar-refractivity contribution is 0.0524. The number of phenols is 1. The summed E-state index contributed by atoms with van der Waals surface area (Å²) in [5.74, 6) is -0.173. The van der Waals surface area contributed by atoms with E-state index in [4.69, 9.17) is 4.74 Å². The van der Waals surface area contributed by atoms with Gasteiger partial charge in [-0.25, -0.2) is 4.79 Å². The Morgan fingerprint density at radius 3 is 2.60 bits per heavy atom. The van der Waals surface area contributed by atoms with Crippen LogP contribution in [0.5, 0.6) is 5.75 Å². The van der Waals surface area contributed by atoms with Crippen LogP contribution < -0.4 is 0 Å². The Bertz CT molecular complexity index is 369. The fourth-order valence-corrected chi connectivity index (χ4v) is 1.51. The van der Waals surface area contributed by atoms with Gasteiger partial charge in [-0.2, -0.15) is 0 Å². The molecule has 0 aliphatic rings. The summed E-state index contributed by atoms with van der Waals surface area (Å²) in [5, 5.41) is 9.79. The van der Waals surface area contributed by atoms with Gasteiger partial charge in [0.25, 0.3) is 0 Å². The molecule has 82 valence electrons. The largest absolute Gasteiger partial charge is 0.507 e. The average molecular weight is 208 g/mol. The molecule has 15 heavy (non-hydrogen) atoms. The second kappa shape index (κ2) is 4.82. The van der Waals surface area contributed by atoms with Crippen molar-refractivity contribution in [1.29, 1.82) is 0 Å². The summed E-state index contributed by atoms with van der Waals surface area (Å²) in [6, 6.07) is 3.42. The second-order valence-corrected chi connectivity index (χ2v) is 3.33. The van der Waals surface area contributed by atoms with Gasteiger partial charge in [-0.1, -0.05) is 13.0 Å². The molecule has 0 atom stereocenters. The summed E-state index contributed by atoms with van der Waals surface area (Å²) in [5.41, 5.74) is 1.90. The lowest BCUT2D eigenvalue weighted by Crippen LogP contribution is -2.08. The summed E-state index contributed by atoms with van der Waals surface area (Å²) in [4.78, 5) is 11.6. The average Bonchev–Trinajstić information content (AvgIpc) is 2.22. The highest BCUT2D eigenvalue weighted by molar-refractivity contribution is 5.92. The molecule has 3 nitrogen and oxygen atoms in total. The van der Waals surface area contributed by atoms with Crippen LogP contribution in [0.1, 0.15) is 35.3 Å². The Morgan fingerprint density at radius 2 is 2.07 bits per heavy atom. The first-order valence-corrected chi connectivity index (χ1v) is 5.10. The molecule has 0 aliphatic heterocycles. The Hall–Kier alpha value is -1.51. The molecular formula is C12H16O3. The summed E-state index contributed by atoms with van der Waals surface area (Å²) in [6.45, 7) is 5.81. The minimum Gasteiger partial charge on any atom is -0.507 e. The van der Waals surface area contributed by atoms with Crippen LogP contribution in [0.3, 0.4) is 0 Å². The molecule has 0 heterocycles. The number of rotatable bonds is 3. The first-order chi connectivity index (χ1) is 7.11. The van der Waals surface area contributed by atoms with Crippen molar-refractivity contribution in [3.63, 3.8) is 0 Å². The van der Waals surface area contributed by atoms with Crippen LogP contribution >= 0.6 is 0 Å². The van der Waals surface area contributed by atoms with Crippen molar-refractivity contribution in [2.24, 2.45) is 0 Å². The zero-order valence-electron chi connectivity index (χ0n) is 9.33. The number of carbonyl (C=O) groups excluding carboxylic acids is 1. The normalized spacial score (nSPS) is 10.1. The Kier molecular flexibility index (Phi) is 3.72. The van der Waals surface area contributed by atoms with E-state index in [0.29, 0.717) is 24.2 Å². The fourth-order valence-electron chi connectivity index (χ4n) is 1.51. The molecule has 3 heteroatoms. The van der Waals surface area contributed by atoms with E-state index in [1.54, 1.807) is 19.1 Å². The van der Waals surface area contributed by atoms with E-state index in [0.717, 1.165) is 5.56 Å². The van der Waals surface area contributed by atoms with Crippen molar-refractivity contribution in [1.82, 2.24) is 0 Å². The molecule has 0 unspecified atom stereocenters. The number of phenolic OH excluding ortho intramolecular Hbond substituents is 1. The van der Waals surface area contributed by atoms with Gasteiger partial charge < -0.3 is 9.84 Å². The van der Waals surface area contributed by atoms with Crippen LogP contribution in [0.2, 0.25) is 0 Å². The molecule has 0 aliphatic carbocycles. The number of carbonyl (C=O) groups is 1. The van der Waals surface area contributed by atoms with Crippen molar-refractivity contribution >= 4 is 5.97 Å². The van der Waals surface area contributed by atoms with Crippen molar-refractivity contribution in [3.8, 4) is 5.75 Å². The summed E-state index contributed by atoms with van der Waals surface area (Å²) in [6.07, 6.45) is 0.613. The Balaban J connectivity index is 3.18. The molecule has 0 saturated heterocycles. The van der Waals surface area contributed by atoms with E-state index in [1.807, 2.05) is 13.8 Å². The molecule has 0 amide bonds.